The van der Waals surface area contributed by atoms with Gasteiger partial charge in [0.25, 0.3) is 0 Å². The van der Waals surface area contributed by atoms with E-state index < -0.39 is 0 Å². The van der Waals surface area contributed by atoms with Gasteiger partial charge in [0.1, 0.15) is 0 Å². The van der Waals surface area contributed by atoms with Crippen molar-refractivity contribution in [3.63, 3.8) is 0 Å². The van der Waals surface area contributed by atoms with E-state index in [1.165, 1.54) is 11.1 Å². The van der Waals surface area contributed by atoms with Crippen molar-refractivity contribution in [3.05, 3.63) is 29.3 Å². The van der Waals surface area contributed by atoms with Crippen molar-refractivity contribution >= 4 is 27.5 Å². The fraction of sp³-hybridized carbons (Fsp3) is 0.588. The van der Waals surface area contributed by atoms with Crippen LogP contribution in [0, 0.1) is 5.41 Å². The Balaban J connectivity index is 2.20. The molecule has 1 aliphatic heterocycles. The fourth-order valence-corrected chi connectivity index (χ4v) is 2.97. The van der Waals surface area contributed by atoms with Gasteiger partial charge in [-0.3, -0.25) is 4.79 Å². The summed E-state index contributed by atoms with van der Waals surface area (Å²) in [4.78, 5) is 14.9. The topological polar surface area (TPSA) is 20.3 Å². The summed E-state index contributed by atoms with van der Waals surface area (Å²) in [5.41, 5.74) is 3.47. The van der Waals surface area contributed by atoms with Crippen LogP contribution in [-0.4, -0.2) is 17.3 Å². The summed E-state index contributed by atoms with van der Waals surface area (Å²) in [5.74, 6) is 0.218. The first-order valence-electron chi connectivity index (χ1n) is 7.40. The quantitative estimate of drug-likeness (QED) is 0.751. The fourth-order valence-electron chi connectivity index (χ4n) is 2.60. The Morgan fingerprint density at radius 1 is 1.40 bits per heavy atom. The third-order valence-corrected chi connectivity index (χ3v) is 4.80. The van der Waals surface area contributed by atoms with E-state index in [2.05, 4.69) is 41.1 Å². The summed E-state index contributed by atoms with van der Waals surface area (Å²) in [6.07, 6.45) is 3.16. The summed E-state index contributed by atoms with van der Waals surface area (Å²) in [5, 5.41) is 0. The minimum atomic E-state index is -0.316. The van der Waals surface area contributed by atoms with E-state index in [1.807, 2.05) is 25.7 Å². The van der Waals surface area contributed by atoms with Crippen molar-refractivity contribution in [2.24, 2.45) is 5.41 Å². The molecule has 1 aromatic carbocycles. The second-order valence-electron chi connectivity index (χ2n) is 6.63. The number of nitrogens with zero attached hydrogens (tertiary/aromatic N) is 1. The van der Waals surface area contributed by atoms with Gasteiger partial charge in [0.15, 0.2) is 0 Å². The molecule has 0 N–H and O–H groups in total. The smallest absolute Gasteiger partial charge is 0.232 e. The van der Waals surface area contributed by atoms with Crippen LogP contribution < -0.4 is 4.90 Å². The van der Waals surface area contributed by atoms with Crippen molar-refractivity contribution in [2.45, 2.75) is 51.8 Å². The van der Waals surface area contributed by atoms with Crippen LogP contribution in [0.3, 0.4) is 0 Å². The Morgan fingerprint density at radius 2 is 2.10 bits per heavy atom. The SMILES string of the molecule is CCC(Br)Cc1ccc2c(c1)CCN2C(=O)C(C)(C)C. The van der Waals surface area contributed by atoms with E-state index in [0.717, 1.165) is 31.5 Å². The Labute approximate surface area is 130 Å². The number of anilines is 1. The highest BCUT2D eigenvalue weighted by Gasteiger charge is 2.32. The summed E-state index contributed by atoms with van der Waals surface area (Å²) >= 11 is 3.69. The molecule has 0 fully saturated rings. The molecule has 0 aliphatic carbocycles. The van der Waals surface area contributed by atoms with Gasteiger partial charge in [-0.15, -0.1) is 0 Å². The number of rotatable bonds is 3. The lowest BCUT2D eigenvalue weighted by molar-refractivity contribution is -0.125. The van der Waals surface area contributed by atoms with E-state index >= 15 is 0 Å². The molecule has 0 saturated heterocycles. The minimum absolute atomic E-state index is 0.218. The van der Waals surface area contributed by atoms with E-state index in [4.69, 9.17) is 0 Å². The highest BCUT2D eigenvalue weighted by molar-refractivity contribution is 9.09. The van der Waals surface area contributed by atoms with Crippen LogP contribution in [-0.2, 0) is 17.6 Å². The van der Waals surface area contributed by atoms with E-state index in [0.29, 0.717) is 4.83 Å². The lowest BCUT2D eigenvalue weighted by atomic mass is 9.94. The number of benzene rings is 1. The van der Waals surface area contributed by atoms with Crippen LogP contribution in [0.4, 0.5) is 5.69 Å². The van der Waals surface area contributed by atoms with Crippen molar-refractivity contribution in [3.8, 4) is 0 Å². The first kappa shape index (κ1) is 15.6. The summed E-state index contributed by atoms with van der Waals surface area (Å²) in [6, 6.07) is 6.56. The molecule has 1 unspecified atom stereocenters. The Bertz CT molecular complexity index is 504. The van der Waals surface area contributed by atoms with Crippen LogP contribution in [0.15, 0.2) is 18.2 Å². The molecular weight excluding hydrogens is 314 g/mol. The van der Waals surface area contributed by atoms with Gasteiger partial charge in [-0.05, 0) is 36.5 Å². The number of hydrogen-bond acceptors (Lipinski definition) is 1. The Hall–Kier alpha value is -0.830. The summed E-state index contributed by atoms with van der Waals surface area (Å²) < 4.78 is 0. The van der Waals surface area contributed by atoms with E-state index in [1.54, 1.807) is 0 Å². The molecule has 1 aliphatic rings. The summed E-state index contributed by atoms with van der Waals surface area (Å²) in [6.45, 7) is 8.96. The highest BCUT2D eigenvalue weighted by Crippen LogP contribution is 2.33. The van der Waals surface area contributed by atoms with Crippen molar-refractivity contribution in [2.75, 3.05) is 11.4 Å². The number of carbonyl (C=O) groups excluding carboxylic acids is 1. The normalized spacial score (nSPS) is 16.1. The molecule has 2 nitrogen and oxygen atoms in total. The average Bonchev–Trinajstić information content (AvgIpc) is 2.79. The second kappa shape index (κ2) is 5.88. The van der Waals surface area contributed by atoms with Crippen LogP contribution in [0.5, 0.6) is 0 Å². The zero-order chi connectivity index (χ0) is 14.9. The van der Waals surface area contributed by atoms with Crippen LogP contribution >= 0.6 is 15.9 Å². The largest absolute Gasteiger partial charge is 0.311 e. The lowest BCUT2D eigenvalue weighted by Crippen LogP contribution is -2.38. The molecule has 0 aromatic heterocycles. The standard InChI is InChI=1S/C17H24BrNO/c1-5-14(18)11-12-6-7-15-13(10-12)8-9-19(15)16(20)17(2,3)4/h6-7,10,14H,5,8-9,11H2,1-4H3. The second-order valence-corrected chi connectivity index (χ2v) is 7.92. The first-order valence-corrected chi connectivity index (χ1v) is 8.32. The molecule has 2 rings (SSSR count). The third-order valence-electron chi connectivity index (χ3n) is 3.83. The molecule has 3 heteroatoms. The first-order chi connectivity index (χ1) is 9.32. The van der Waals surface area contributed by atoms with Crippen LogP contribution in [0.25, 0.3) is 0 Å². The molecule has 1 atom stereocenters. The molecule has 0 bridgehead atoms. The van der Waals surface area contributed by atoms with Gasteiger partial charge in [-0.25, -0.2) is 0 Å². The Kier molecular flexibility index (Phi) is 4.58. The molecule has 110 valence electrons. The number of fused-ring (bicyclic) bond motifs is 1. The zero-order valence-electron chi connectivity index (χ0n) is 12.9. The van der Waals surface area contributed by atoms with Gasteiger partial charge < -0.3 is 4.90 Å². The number of halogens is 1. The van der Waals surface area contributed by atoms with Gasteiger partial charge >= 0.3 is 0 Å². The predicted molar refractivity (Wildman–Crippen MR) is 88.7 cm³/mol. The lowest BCUT2D eigenvalue weighted by Gasteiger charge is -2.26. The maximum Gasteiger partial charge on any atom is 0.232 e. The molecule has 0 saturated carbocycles. The van der Waals surface area contributed by atoms with Crippen LogP contribution in [0.1, 0.15) is 45.2 Å². The average molecular weight is 338 g/mol. The maximum atomic E-state index is 12.5. The Morgan fingerprint density at radius 3 is 2.70 bits per heavy atom. The van der Waals surface area contributed by atoms with Gasteiger partial charge in [0.05, 0.1) is 0 Å². The minimum Gasteiger partial charge on any atom is -0.311 e. The number of carbonyl (C=O) groups is 1. The number of alkyl halides is 1. The van der Waals surface area contributed by atoms with Gasteiger partial charge in [-0.2, -0.15) is 0 Å². The number of amides is 1. The van der Waals surface area contributed by atoms with Crippen molar-refractivity contribution in [1.82, 2.24) is 0 Å². The monoisotopic (exact) mass is 337 g/mol. The van der Waals surface area contributed by atoms with Gasteiger partial charge in [0.2, 0.25) is 5.91 Å². The number of hydrogen-bond donors (Lipinski definition) is 0. The third kappa shape index (κ3) is 3.25. The molecule has 1 aromatic rings. The molecule has 0 radical (unpaired) electrons. The molecule has 0 spiro atoms. The zero-order valence-corrected chi connectivity index (χ0v) is 14.5. The maximum absolute atomic E-state index is 12.5. The summed E-state index contributed by atoms with van der Waals surface area (Å²) in [7, 11) is 0. The highest BCUT2D eigenvalue weighted by atomic mass is 79.9. The molecule has 1 amide bonds. The van der Waals surface area contributed by atoms with E-state index in [9.17, 15) is 4.79 Å². The van der Waals surface area contributed by atoms with Crippen molar-refractivity contribution in [1.29, 1.82) is 0 Å². The molecule has 20 heavy (non-hydrogen) atoms. The van der Waals surface area contributed by atoms with E-state index in [-0.39, 0.29) is 11.3 Å². The predicted octanol–water partition coefficient (Wildman–Crippen LogP) is 4.34. The molecular formula is C17H24BrNO. The molecule has 1 heterocycles. The van der Waals surface area contributed by atoms with Crippen LogP contribution in [0.2, 0.25) is 0 Å². The van der Waals surface area contributed by atoms with Crippen molar-refractivity contribution < 1.29 is 4.79 Å². The van der Waals surface area contributed by atoms with Gasteiger partial charge in [-0.1, -0.05) is 55.8 Å². The van der Waals surface area contributed by atoms with Gasteiger partial charge in [0, 0.05) is 22.5 Å².